The molecule has 0 aliphatic heterocycles. The molecule has 0 spiro atoms. The number of nitrogens with one attached hydrogen (secondary N) is 2. The number of sulfonamides is 1. The van der Waals surface area contributed by atoms with Crippen LogP contribution in [0.2, 0.25) is 0 Å². The molecule has 174 valence electrons. The van der Waals surface area contributed by atoms with E-state index in [1.807, 2.05) is 20.8 Å². The summed E-state index contributed by atoms with van der Waals surface area (Å²) in [5, 5.41) is 5.65. The second-order valence-electron chi connectivity index (χ2n) is 7.18. The molecule has 2 rings (SSSR count). The van der Waals surface area contributed by atoms with E-state index in [2.05, 4.69) is 10.6 Å². The molecular formula is C23H31N3O4S2. The molecule has 2 aromatic rings. The highest BCUT2D eigenvalue weighted by molar-refractivity contribution is 7.89. The molecule has 0 fully saturated rings. The third-order valence-corrected chi connectivity index (χ3v) is 6.63. The van der Waals surface area contributed by atoms with E-state index in [1.165, 1.54) is 16.4 Å². The molecule has 1 amide bonds. The Morgan fingerprint density at radius 1 is 0.969 bits per heavy atom. The first-order valence-corrected chi connectivity index (χ1v) is 12.6. The predicted molar refractivity (Wildman–Crippen MR) is 132 cm³/mol. The van der Waals surface area contributed by atoms with Crippen molar-refractivity contribution in [3.63, 3.8) is 0 Å². The lowest BCUT2D eigenvalue weighted by molar-refractivity contribution is 0.0973. The van der Waals surface area contributed by atoms with Crippen LogP contribution in [0.1, 0.15) is 50.4 Å². The van der Waals surface area contributed by atoms with Gasteiger partial charge in [-0.2, -0.15) is 4.31 Å². The Morgan fingerprint density at radius 2 is 1.59 bits per heavy atom. The zero-order valence-corrected chi connectivity index (χ0v) is 20.4. The number of carbonyl (C=O) groups excluding carboxylic acids is 1. The fraction of sp³-hybridized carbons (Fsp3) is 0.391. The summed E-state index contributed by atoms with van der Waals surface area (Å²) in [6.45, 7) is 7.37. The van der Waals surface area contributed by atoms with Gasteiger partial charge in [-0.3, -0.25) is 10.1 Å². The molecule has 0 saturated carbocycles. The predicted octanol–water partition coefficient (Wildman–Crippen LogP) is 4.41. The normalized spacial score (nSPS) is 11.2. The Balaban J connectivity index is 2.05. The third-order valence-electron chi connectivity index (χ3n) is 4.52. The van der Waals surface area contributed by atoms with Crippen molar-refractivity contribution in [3.05, 3.63) is 54.1 Å². The first kappa shape index (κ1) is 25.8. The van der Waals surface area contributed by atoms with Gasteiger partial charge in [0.1, 0.15) is 5.75 Å². The maximum absolute atomic E-state index is 12.9. The van der Waals surface area contributed by atoms with E-state index in [1.54, 1.807) is 36.4 Å². The van der Waals surface area contributed by atoms with Crippen LogP contribution in [0, 0.1) is 0 Å². The lowest BCUT2D eigenvalue weighted by atomic mass is 10.2. The number of rotatable bonds is 11. The minimum absolute atomic E-state index is 0.106. The van der Waals surface area contributed by atoms with Crippen molar-refractivity contribution in [1.82, 2.24) is 9.62 Å². The number of amides is 1. The molecule has 0 heterocycles. The van der Waals surface area contributed by atoms with Crippen LogP contribution in [-0.2, 0) is 10.0 Å². The molecule has 2 aromatic carbocycles. The fourth-order valence-electron chi connectivity index (χ4n) is 3.04. The molecule has 0 bridgehead atoms. The van der Waals surface area contributed by atoms with Gasteiger partial charge >= 0.3 is 0 Å². The summed E-state index contributed by atoms with van der Waals surface area (Å²) in [5.41, 5.74) is 0.959. The summed E-state index contributed by atoms with van der Waals surface area (Å²) < 4.78 is 32.9. The summed E-state index contributed by atoms with van der Waals surface area (Å²) in [4.78, 5) is 12.8. The number of carbonyl (C=O) groups is 1. The van der Waals surface area contributed by atoms with Crippen molar-refractivity contribution >= 4 is 38.9 Å². The fourth-order valence-corrected chi connectivity index (χ4v) is 4.87. The minimum atomic E-state index is -3.55. The maximum atomic E-state index is 12.9. The molecule has 0 atom stereocenters. The van der Waals surface area contributed by atoms with E-state index in [0.717, 1.165) is 19.3 Å². The Morgan fingerprint density at radius 3 is 2.19 bits per heavy atom. The van der Waals surface area contributed by atoms with Crippen molar-refractivity contribution in [3.8, 4) is 5.75 Å². The van der Waals surface area contributed by atoms with Gasteiger partial charge in [-0.25, -0.2) is 8.42 Å². The Bertz CT molecular complexity index is 1000. The highest BCUT2D eigenvalue weighted by atomic mass is 32.2. The minimum Gasteiger partial charge on any atom is -0.493 e. The zero-order valence-electron chi connectivity index (χ0n) is 18.8. The molecule has 0 aliphatic rings. The van der Waals surface area contributed by atoms with Crippen LogP contribution in [0.5, 0.6) is 5.75 Å². The maximum Gasteiger partial charge on any atom is 0.261 e. The number of hydrogen-bond acceptors (Lipinski definition) is 5. The summed E-state index contributed by atoms with van der Waals surface area (Å²) in [6.07, 6.45) is 2.33. The number of para-hydroxylation sites is 1. The highest BCUT2D eigenvalue weighted by Crippen LogP contribution is 2.20. The molecule has 0 unspecified atom stereocenters. The monoisotopic (exact) mass is 477 g/mol. The van der Waals surface area contributed by atoms with E-state index in [4.69, 9.17) is 17.0 Å². The van der Waals surface area contributed by atoms with Gasteiger partial charge in [0, 0.05) is 18.8 Å². The molecule has 2 N–H and O–H groups in total. The van der Waals surface area contributed by atoms with Crippen LogP contribution in [0.15, 0.2) is 53.4 Å². The number of benzene rings is 2. The summed E-state index contributed by atoms with van der Waals surface area (Å²) in [7, 11) is -3.55. The van der Waals surface area contributed by atoms with Gasteiger partial charge < -0.3 is 10.1 Å². The summed E-state index contributed by atoms with van der Waals surface area (Å²) >= 11 is 5.25. The van der Waals surface area contributed by atoms with Crippen LogP contribution in [0.25, 0.3) is 0 Å². The molecule has 32 heavy (non-hydrogen) atoms. The van der Waals surface area contributed by atoms with Crippen LogP contribution >= 0.6 is 12.2 Å². The molecule has 9 heteroatoms. The second-order valence-corrected chi connectivity index (χ2v) is 9.53. The van der Waals surface area contributed by atoms with Crippen LogP contribution in [0.3, 0.4) is 0 Å². The van der Waals surface area contributed by atoms with E-state index in [-0.39, 0.29) is 15.9 Å². The second kappa shape index (κ2) is 12.5. The third kappa shape index (κ3) is 7.01. The van der Waals surface area contributed by atoms with Crippen LogP contribution in [-0.4, -0.2) is 43.4 Å². The SMILES string of the molecule is CCCOc1ccccc1C(=O)NC(=S)Nc1ccc(S(=O)(=O)N(CCC)CCC)cc1. The summed E-state index contributed by atoms with van der Waals surface area (Å²) in [5.74, 6) is 0.107. The molecule has 0 saturated heterocycles. The van der Waals surface area contributed by atoms with Gasteiger partial charge in [-0.15, -0.1) is 0 Å². The average Bonchev–Trinajstić information content (AvgIpc) is 2.78. The lowest BCUT2D eigenvalue weighted by Gasteiger charge is -2.21. The number of nitrogens with zero attached hydrogens (tertiary/aromatic N) is 1. The zero-order chi connectivity index (χ0) is 23.6. The van der Waals surface area contributed by atoms with Gasteiger partial charge in [0.15, 0.2) is 5.11 Å². The van der Waals surface area contributed by atoms with E-state index in [0.29, 0.717) is 36.7 Å². The van der Waals surface area contributed by atoms with Gasteiger partial charge in [0.05, 0.1) is 17.1 Å². The average molecular weight is 478 g/mol. The van der Waals surface area contributed by atoms with Crippen molar-refractivity contribution < 1.29 is 17.9 Å². The molecular weight excluding hydrogens is 446 g/mol. The van der Waals surface area contributed by atoms with Gasteiger partial charge in [0.2, 0.25) is 10.0 Å². The highest BCUT2D eigenvalue weighted by Gasteiger charge is 2.23. The first-order valence-electron chi connectivity index (χ1n) is 10.8. The Labute approximate surface area is 196 Å². The molecule has 7 nitrogen and oxygen atoms in total. The quantitative estimate of drug-likeness (QED) is 0.466. The smallest absolute Gasteiger partial charge is 0.261 e. The largest absolute Gasteiger partial charge is 0.493 e. The van der Waals surface area contributed by atoms with Gasteiger partial charge in [-0.05, 0) is 67.9 Å². The van der Waals surface area contributed by atoms with Crippen molar-refractivity contribution in [2.45, 2.75) is 44.9 Å². The summed E-state index contributed by atoms with van der Waals surface area (Å²) in [6, 6.07) is 13.3. The standard InChI is InChI=1S/C23H31N3O4S2/c1-4-15-26(16-5-2)32(28,29)19-13-11-18(12-14-19)24-23(31)25-22(27)20-9-7-8-10-21(20)30-17-6-3/h7-14H,4-6,15-17H2,1-3H3,(H2,24,25,27,31). The van der Waals surface area contributed by atoms with Crippen LogP contribution < -0.4 is 15.4 Å². The first-order chi connectivity index (χ1) is 15.3. The molecule has 0 aliphatic carbocycles. The van der Waals surface area contributed by atoms with Gasteiger partial charge in [-0.1, -0.05) is 32.9 Å². The van der Waals surface area contributed by atoms with Crippen molar-refractivity contribution in [1.29, 1.82) is 0 Å². The molecule has 0 aromatic heterocycles. The topological polar surface area (TPSA) is 87.7 Å². The van der Waals surface area contributed by atoms with E-state index in [9.17, 15) is 13.2 Å². The van der Waals surface area contributed by atoms with E-state index < -0.39 is 10.0 Å². The number of ether oxygens (including phenoxy) is 1. The number of hydrogen-bond donors (Lipinski definition) is 2. The Hall–Kier alpha value is -2.49. The van der Waals surface area contributed by atoms with Gasteiger partial charge in [0.25, 0.3) is 5.91 Å². The number of anilines is 1. The van der Waals surface area contributed by atoms with E-state index >= 15 is 0 Å². The van der Waals surface area contributed by atoms with Crippen molar-refractivity contribution in [2.24, 2.45) is 0 Å². The Kier molecular flexibility index (Phi) is 10.1. The van der Waals surface area contributed by atoms with Crippen molar-refractivity contribution in [2.75, 3.05) is 25.0 Å². The van der Waals surface area contributed by atoms with Crippen LogP contribution in [0.4, 0.5) is 5.69 Å². The molecule has 0 radical (unpaired) electrons. The lowest BCUT2D eigenvalue weighted by Crippen LogP contribution is -2.34. The number of thiocarbonyl (C=S) groups is 1.